The summed E-state index contributed by atoms with van der Waals surface area (Å²) in [5.74, 6) is -1.46. The molecule has 3 amide bonds. The molecule has 2 aromatic rings. The van der Waals surface area contributed by atoms with E-state index in [-0.39, 0.29) is 11.4 Å². The molecule has 10 nitrogen and oxygen atoms in total. The van der Waals surface area contributed by atoms with E-state index in [1.54, 1.807) is 0 Å². The Bertz CT molecular complexity index is 1120. The lowest BCUT2D eigenvalue weighted by molar-refractivity contribution is -0.154. The molecular formula is C22H24N2O8S. The van der Waals surface area contributed by atoms with Crippen LogP contribution in [-0.4, -0.2) is 51.4 Å². The third-order valence-electron chi connectivity index (χ3n) is 4.66. The number of carbonyl (C=O) groups is 3. The number of rotatable bonds is 8. The van der Waals surface area contributed by atoms with Crippen LogP contribution in [0.25, 0.3) is 0 Å². The number of imide groups is 1. The van der Waals surface area contributed by atoms with Gasteiger partial charge >= 0.3 is 12.0 Å². The second-order valence-corrected chi connectivity index (χ2v) is 9.27. The number of nitrogens with one attached hydrogen (secondary N) is 2. The smallest absolute Gasteiger partial charge is 0.321 e. The number of hydrogen-bond acceptors (Lipinski definition) is 8. The largest absolute Gasteiger partial charge is 0.486 e. The van der Waals surface area contributed by atoms with E-state index in [1.165, 1.54) is 25.1 Å². The minimum absolute atomic E-state index is 0.0135. The van der Waals surface area contributed by atoms with Gasteiger partial charge in [0.2, 0.25) is 0 Å². The van der Waals surface area contributed by atoms with Crippen molar-refractivity contribution in [2.24, 2.45) is 0 Å². The Labute approximate surface area is 191 Å². The number of esters is 1. The van der Waals surface area contributed by atoms with Crippen LogP contribution in [0.1, 0.15) is 18.9 Å². The number of hydrogen-bond donors (Lipinski definition) is 2. The molecule has 0 aromatic heterocycles. The van der Waals surface area contributed by atoms with Crippen LogP contribution in [0.15, 0.2) is 53.4 Å². The molecule has 0 aliphatic carbocycles. The van der Waals surface area contributed by atoms with Crippen LogP contribution >= 0.6 is 0 Å². The Kier molecular flexibility index (Phi) is 7.88. The predicted molar refractivity (Wildman–Crippen MR) is 116 cm³/mol. The number of carbonyl (C=O) groups excluding carboxylic acids is 3. The molecule has 2 N–H and O–H groups in total. The molecule has 1 atom stereocenters. The molecular weight excluding hydrogens is 452 g/mol. The summed E-state index contributed by atoms with van der Waals surface area (Å²) < 4.78 is 40.8. The third-order valence-corrected chi connectivity index (χ3v) is 6.37. The summed E-state index contributed by atoms with van der Waals surface area (Å²) in [4.78, 5) is 36.0. The van der Waals surface area contributed by atoms with E-state index in [9.17, 15) is 22.8 Å². The van der Waals surface area contributed by atoms with E-state index in [0.717, 1.165) is 5.56 Å². The van der Waals surface area contributed by atoms with Gasteiger partial charge in [0.15, 0.2) is 27.4 Å². The Morgan fingerprint density at radius 1 is 1.03 bits per heavy atom. The number of urea groups is 1. The number of benzene rings is 2. The summed E-state index contributed by atoms with van der Waals surface area (Å²) in [7, 11) is -3.80. The van der Waals surface area contributed by atoms with Crippen LogP contribution < -0.4 is 20.1 Å². The van der Waals surface area contributed by atoms with Crippen LogP contribution in [0.3, 0.4) is 0 Å². The molecule has 3 rings (SSSR count). The highest BCUT2D eigenvalue weighted by Gasteiger charge is 2.24. The fraction of sp³-hybridized carbons (Fsp3) is 0.318. The van der Waals surface area contributed by atoms with Crippen LogP contribution in [0.2, 0.25) is 0 Å². The van der Waals surface area contributed by atoms with Crippen LogP contribution in [0.5, 0.6) is 11.5 Å². The number of ether oxygens (including phenoxy) is 3. The number of fused-ring (bicyclic) bond motifs is 1. The topological polar surface area (TPSA) is 137 Å². The first-order valence-corrected chi connectivity index (χ1v) is 11.8. The fourth-order valence-corrected chi connectivity index (χ4v) is 4.13. The molecule has 1 aliphatic rings. The van der Waals surface area contributed by atoms with Crippen molar-refractivity contribution in [2.45, 2.75) is 30.9 Å². The maximum Gasteiger partial charge on any atom is 0.321 e. The van der Waals surface area contributed by atoms with Gasteiger partial charge in [-0.3, -0.25) is 14.9 Å². The maximum absolute atomic E-state index is 12.5. The molecule has 2 aromatic carbocycles. The Balaban J connectivity index is 1.44. The Morgan fingerprint density at radius 2 is 1.73 bits per heavy atom. The molecule has 0 radical (unpaired) electrons. The molecule has 33 heavy (non-hydrogen) atoms. The van der Waals surface area contributed by atoms with Crippen molar-refractivity contribution in [2.75, 3.05) is 19.0 Å². The average molecular weight is 477 g/mol. The van der Waals surface area contributed by atoms with Crippen molar-refractivity contribution in [1.82, 2.24) is 10.6 Å². The summed E-state index contributed by atoms with van der Waals surface area (Å²) >= 11 is 0. The first-order chi connectivity index (χ1) is 15.7. The van der Waals surface area contributed by atoms with Crippen molar-refractivity contribution in [1.29, 1.82) is 0 Å². The van der Waals surface area contributed by atoms with Gasteiger partial charge in [-0.05, 0) is 24.6 Å². The van der Waals surface area contributed by atoms with Crippen molar-refractivity contribution in [3.63, 3.8) is 0 Å². The van der Waals surface area contributed by atoms with Crippen molar-refractivity contribution < 1.29 is 37.0 Å². The van der Waals surface area contributed by atoms with Gasteiger partial charge in [-0.1, -0.05) is 30.3 Å². The lowest BCUT2D eigenvalue weighted by Gasteiger charge is -2.18. The Hall–Kier alpha value is -3.60. The van der Waals surface area contributed by atoms with E-state index in [4.69, 9.17) is 14.2 Å². The maximum atomic E-state index is 12.5. The van der Waals surface area contributed by atoms with Gasteiger partial charge in [0, 0.05) is 12.6 Å². The van der Waals surface area contributed by atoms with E-state index >= 15 is 0 Å². The lowest BCUT2D eigenvalue weighted by atomic mass is 10.2. The molecule has 0 bridgehead atoms. The van der Waals surface area contributed by atoms with E-state index in [0.29, 0.717) is 24.7 Å². The molecule has 176 valence electrons. The Morgan fingerprint density at radius 3 is 2.45 bits per heavy atom. The molecule has 1 unspecified atom stereocenters. The minimum atomic E-state index is -3.80. The van der Waals surface area contributed by atoms with E-state index in [2.05, 4.69) is 10.6 Å². The summed E-state index contributed by atoms with van der Waals surface area (Å²) in [6.45, 7) is 2.19. The number of sulfone groups is 1. The van der Waals surface area contributed by atoms with E-state index in [1.807, 2.05) is 30.3 Å². The predicted octanol–water partition coefficient (Wildman–Crippen LogP) is 1.58. The highest BCUT2D eigenvalue weighted by Crippen LogP contribution is 2.32. The van der Waals surface area contributed by atoms with Gasteiger partial charge in [0.05, 0.1) is 17.1 Å². The van der Waals surface area contributed by atoms with Crippen molar-refractivity contribution in [3.05, 3.63) is 54.1 Å². The highest BCUT2D eigenvalue weighted by molar-refractivity contribution is 7.91. The summed E-state index contributed by atoms with van der Waals surface area (Å²) in [5.41, 5.74) is 0.846. The number of amides is 3. The van der Waals surface area contributed by atoms with Gasteiger partial charge in [-0.2, -0.15) is 0 Å². The van der Waals surface area contributed by atoms with Crippen molar-refractivity contribution >= 4 is 27.7 Å². The zero-order valence-corrected chi connectivity index (χ0v) is 18.7. The normalized spacial score (nSPS) is 13.5. The van der Waals surface area contributed by atoms with Crippen LogP contribution in [0.4, 0.5) is 4.79 Å². The zero-order chi connectivity index (χ0) is 23.8. The molecule has 0 saturated heterocycles. The summed E-state index contributed by atoms with van der Waals surface area (Å²) in [5, 5.41) is 4.59. The zero-order valence-electron chi connectivity index (χ0n) is 17.9. The van der Waals surface area contributed by atoms with E-state index < -0.39 is 46.0 Å². The SMILES string of the molecule is CC(OC(=O)CCS(=O)(=O)c1ccc2c(c1)OCCO2)C(=O)NC(=O)NCc1ccccc1. The molecule has 0 fully saturated rings. The highest BCUT2D eigenvalue weighted by atomic mass is 32.2. The van der Waals surface area contributed by atoms with Gasteiger partial charge in [-0.15, -0.1) is 0 Å². The third kappa shape index (κ3) is 6.94. The lowest BCUT2D eigenvalue weighted by Crippen LogP contribution is -2.44. The van der Waals surface area contributed by atoms with Crippen LogP contribution in [-0.2, 0) is 30.7 Å². The quantitative estimate of drug-likeness (QED) is 0.548. The first-order valence-electron chi connectivity index (χ1n) is 10.2. The summed E-state index contributed by atoms with van der Waals surface area (Å²) in [6, 6.07) is 12.6. The fourth-order valence-electron chi connectivity index (χ4n) is 2.90. The standard InChI is InChI=1S/C22H24N2O8S/c1-15(21(26)24-22(27)23-14-16-5-3-2-4-6-16)32-20(25)9-12-33(28,29)17-7-8-18-19(13-17)31-11-10-30-18/h2-8,13,15H,9-12,14H2,1H3,(H2,23,24,26,27). The molecule has 11 heteroatoms. The monoisotopic (exact) mass is 476 g/mol. The molecule has 0 spiro atoms. The second-order valence-electron chi connectivity index (χ2n) is 7.16. The van der Waals surface area contributed by atoms with Gasteiger partial charge < -0.3 is 19.5 Å². The average Bonchev–Trinajstić information content (AvgIpc) is 2.81. The molecule has 1 heterocycles. The van der Waals surface area contributed by atoms with Gasteiger partial charge in [0.1, 0.15) is 13.2 Å². The van der Waals surface area contributed by atoms with Gasteiger partial charge in [-0.25, -0.2) is 13.2 Å². The summed E-state index contributed by atoms with van der Waals surface area (Å²) in [6.07, 6.45) is -1.74. The minimum Gasteiger partial charge on any atom is -0.486 e. The second kappa shape index (κ2) is 10.8. The first kappa shape index (κ1) is 24.1. The van der Waals surface area contributed by atoms with Gasteiger partial charge in [0.25, 0.3) is 5.91 Å². The van der Waals surface area contributed by atoms with Crippen LogP contribution in [0, 0.1) is 0 Å². The molecule has 1 aliphatic heterocycles. The van der Waals surface area contributed by atoms with Crippen molar-refractivity contribution in [3.8, 4) is 11.5 Å². The molecule has 0 saturated carbocycles.